The standard InChI is InChI=1S/C8H15NO2/c1-3-7(2)6-9-5-4-8(10)11/h4-5,7,9H,3,6H2,1-2H3,(H,10,11)/b5-4+. The van der Waals surface area contributed by atoms with Crippen LogP contribution < -0.4 is 5.32 Å². The van der Waals surface area contributed by atoms with Crippen molar-refractivity contribution in [1.82, 2.24) is 5.32 Å². The summed E-state index contributed by atoms with van der Waals surface area (Å²) < 4.78 is 0. The van der Waals surface area contributed by atoms with E-state index in [1.807, 2.05) is 0 Å². The highest BCUT2D eigenvalue weighted by Crippen LogP contribution is 1.96. The summed E-state index contributed by atoms with van der Waals surface area (Å²) in [6.07, 6.45) is 3.67. The molecule has 0 fully saturated rings. The average molecular weight is 157 g/mol. The Labute approximate surface area is 67.1 Å². The maximum Gasteiger partial charge on any atom is 0.329 e. The van der Waals surface area contributed by atoms with Crippen molar-refractivity contribution in [3.63, 3.8) is 0 Å². The molecule has 0 aliphatic heterocycles. The Morgan fingerprint density at radius 1 is 1.73 bits per heavy atom. The van der Waals surface area contributed by atoms with Crippen LogP contribution in [0.2, 0.25) is 0 Å². The van der Waals surface area contributed by atoms with Crippen molar-refractivity contribution in [2.45, 2.75) is 20.3 Å². The number of nitrogens with one attached hydrogen (secondary N) is 1. The molecule has 64 valence electrons. The second-order valence-corrected chi connectivity index (χ2v) is 2.59. The molecule has 0 amide bonds. The molecule has 0 aliphatic carbocycles. The van der Waals surface area contributed by atoms with Crippen molar-refractivity contribution >= 4 is 5.97 Å². The molecule has 1 atom stereocenters. The Bertz CT molecular complexity index is 143. The van der Waals surface area contributed by atoms with Gasteiger partial charge in [0.05, 0.1) is 0 Å². The highest BCUT2D eigenvalue weighted by Gasteiger charge is 1.94. The summed E-state index contributed by atoms with van der Waals surface area (Å²) in [6, 6.07) is 0. The Morgan fingerprint density at radius 2 is 2.36 bits per heavy atom. The lowest BCUT2D eigenvalue weighted by Crippen LogP contribution is -2.14. The highest BCUT2D eigenvalue weighted by atomic mass is 16.4. The van der Waals surface area contributed by atoms with Gasteiger partial charge < -0.3 is 10.4 Å². The molecule has 3 nitrogen and oxygen atoms in total. The normalized spacial score (nSPS) is 13.3. The van der Waals surface area contributed by atoms with E-state index in [1.165, 1.54) is 6.20 Å². The summed E-state index contributed by atoms with van der Waals surface area (Å²) in [5.41, 5.74) is 0. The molecule has 3 heteroatoms. The van der Waals surface area contributed by atoms with Gasteiger partial charge >= 0.3 is 5.97 Å². The molecular weight excluding hydrogens is 142 g/mol. The van der Waals surface area contributed by atoms with Crippen molar-refractivity contribution in [2.24, 2.45) is 5.92 Å². The molecule has 0 aliphatic rings. The van der Waals surface area contributed by atoms with Crippen LogP contribution in [0.3, 0.4) is 0 Å². The average Bonchev–Trinajstić information content (AvgIpc) is 1.97. The van der Waals surface area contributed by atoms with Gasteiger partial charge in [-0.1, -0.05) is 20.3 Å². The molecule has 0 aromatic carbocycles. The molecule has 0 saturated heterocycles. The lowest BCUT2D eigenvalue weighted by Gasteiger charge is -2.06. The third kappa shape index (κ3) is 6.90. The van der Waals surface area contributed by atoms with Crippen LogP contribution in [0.5, 0.6) is 0 Å². The molecule has 0 rings (SSSR count). The fourth-order valence-corrected chi connectivity index (χ4v) is 0.544. The molecule has 0 aromatic rings. The minimum Gasteiger partial charge on any atom is -0.478 e. The fraction of sp³-hybridized carbons (Fsp3) is 0.625. The maximum atomic E-state index is 9.99. The van der Waals surface area contributed by atoms with E-state index in [9.17, 15) is 4.79 Å². The lowest BCUT2D eigenvalue weighted by molar-refractivity contribution is -0.131. The van der Waals surface area contributed by atoms with Crippen molar-refractivity contribution in [3.8, 4) is 0 Å². The van der Waals surface area contributed by atoms with E-state index in [2.05, 4.69) is 19.2 Å². The van der Waals surface area contributed by atoms with Gasteiger partial charge in [-0.05, 0) is 5.92 Å². The summed E-state index contributed by atoms with van der Waals surface area (Å²) >= 11 is 0. The zero-order chi connectivity index (χ0) is 8.69. The van der Waals surface area contributed by atoms with E-state index < -0.39 is 5.97 Å². The van der Waals surface area contributed by atoms with Crippen molar-refractivity contribution in [1.29, 1.82) is 0 Å². The third-order valence-corrected chi connectivity index (χ3v) is 1.51. The predicted molar refractivity (Wildman–Crippen MR) is 44.2 cm³/mol. The second-order valence-electron chi connectivity index (χ2n) is 2.59. The maximum absolute atomic E-state index is 9.99. The van der Waals surface area contributed by atoms with Gasteiger partial charge in [-0.3, -0.25) is 0 Å². The molecule has 0 heterocycles. The smallest absolute Gasteiger partial charge is 0.329 e. The third-order valence-electron chi connectivity index (χ3n) is 1.51. The zero-order valence-electron chi connectivity index (χ0n) is 7.00. The number of carboxylic acid groups (broad SMARTS) is 1. The van der Waals surface area contributed by atoms with Crippen molar-refractivity contribution in [2.75, 3.05) is 6.54 Å². The number of hydrogen-bond acceptors (Lipinski definition) is 2. The van der Waals surface area contributed by atoms with E-state index in [0.717, 1.165) is 19.0 Å². The first-order valence-corrected chi connectivity index (χ1v) is 3.79. The van der Waals surface area contributed by atoms with Gasteiger partial charge in [0, 0.05) is 18.8 Å². The minimum atomic E-state index is -0.915. The largest absolute Gasteiger partial charge is 0.478 e. The monoisotopic (exact) mass is 157 g/mol. The predicted octanol–water partition coefficient (Wildman–Crippen LogP) is 1.22. The first-order chi connectivity index (χ1) is 5.16. The first-order valence-electron chi connectivity index (χ1n) is 3.79. The Kier molecular flexibility index (Phi) is 5.25. The SMILES string of the molecule is CCC(C)CN/C=C/C(=O)O. The van der Waals surface area contributed by atoms with Crippen LogP contribution in [0.1, 0.15) is 20.3 Å². The van der Waals surface area contributed by atoms with Crippen LogP contribution in [0.15, 0.2) is 12.3 Å². The number of aliphatic carboxylic acids is 1. The van der Waals surface area contributed by atoms with Crippen LogP contribution in [0.25, 0.3) is 0 Å². The van der Waals surface area contributed by atoms with E-state index in [-0.39, 0.29) is 0 Å². The molecule has 11 heavy (non-hydrogen) atoms. The summed E-state index contributed by atoms with van der Waals surface area (Å²) in [6.45, 7) is 5.05. The van der Waals surface area contributed by atoms with Gasteiger partial charge in [-0.2, -0.15) is 0 Å². The molecule has 0 spiro atoms. The van der Waals surface area contributed by atoms with E-state index in [1.54, 1.807) is 0 Å². The summed E-state index contributed by atoms with van der Waals surface area (Å²) in [5.74, 6) is -0.324. The quantitative estimate of drug-likeness (QED) is 0.590. The fourth-order valence-electron chi connectivity index (χ4n) is 0.544. The molecular formula is C8H15NO2. The molecule has 0 bridgehead atoms. The Morgan fingerprint density at radius 3 is 2.82 bits per heavy atom. The Hall–Kier alpha value is -0.990. The minimum absolute atomic E-state index is 0.591. The van der Waals surface area contributed by atoms with Gasteiger partial charge in [0.15, 0.2) is 0 Å². The van der Waals surface area contributed by atoms with Gasteiger partial charge in [0.1, 0.15) is 0 Å². The second kappa shape index (κ2) is 5.77. The van der Waals surface area contributed by atoms with E-state index in [4.69, 9.17) is 5.11 Å². The number of rotatable bonds is 5. The molecule has 1 unspecified atom stereocenters. The van der Waals surface area contributed by atoms with Crippen LogP contribution in [0, 0.1) is 5.92 Å². The topological polar surface area (TPSA) is 49.3 Å². The van der Waals surface area contributed by atoms with Crippen LogP contribution >= 0.6 is 0 Å². The number of hydrogen-bond donors (Lipinski definition) is 2. The first kappa shape index (κ1) is 10.0. The molecule has 0 radical (unpaired) electrons. The van der Waals surface area contributed by atoms with Gasteiger partial charge in [0.25, 0.3) is 0 Å². The van der Waals surface area contributed by atoms with E-state index >= 15 is 0 Å². The summed E-state index contributed by atoms with van der Waals surface area (Å²) in [5, 5.41) is 11.1. The Balaban J connectivity index is 3.33. The number of carbonyl (C=O) groups is 1. The lowest BCUT2D eigenvalue weighted by atomic mass is 10.1. The van der Waals surface area contributed by atoms with E-state index in [0.29, 0.717) is 5.92 Å². The molecule has 2 N–H and O–H groups in total. The summed E-state index contributed by atoms with van der Waals surface area (Å²) in [7, 11) is 0. The van der Waals surface area contributed by atoms with Crippen LogP contribution in [0.4, 0.5) is 0 Å². The van der Waals surface area contributed by atoms with Gasteiger partial charge in [0.2, 0.25) is 0 Å². The van der Waals surface area contributed by atoms with Crippen LogP contribution in [-0.4, -0.2) is 17.6 Å². The molecule has 0 aromatic heterocycles. The number of carboxylic acids is 1. The van der Waals surface area contributed by atoms with Gasteiger partial charge in [-0.15, -0.1) is 0 Å². The van der Waals surface area contributed by atoms with Crippen LogP contribution in [-0.2, 0) is 4.79 Å². The van der Waals surface area contributed by atoms with Gasteiger partial charge in [-0.25, -0.2) is 4.79 Å². The zero-order valence-corrected chi connectivity index (χ0v) is 7.00. The highest BCUT2D eigenvalue weighted by molar-refractivity contribution is 5.79. The van der Waals surface area contributed by atoms with Crippen molar-refractivity contribution in [3.05, 3.63) is 12.3 Å². The summed E-state index contributed by atoms with van der Waals surface area (Å²) in [4.78, 5) is 9.99. The molecule has 0 saturated carbocycles. The van der Waals surface area contributed by atoms with Crippen molar-refractivity contribution < 1.29 is 9.90 Å².